The lowest BCUT2D eigenvalue weighted by Crippen LogP contribution is -2.02. The smallest absolute Gasteiger partial charge is 0.186 e. The van der Waals surface area contributed by atoms with E-state index >= 15 is 0 Å². The Labute approximate surface area is 105 Å². The first kappa shape index (κ1) is 12.1. The molecule has 17 heavy (non-hydrogen) atoms. The molecular weight excluding hydrogens is 240 g/mol. The van der Waals surface area contributed by atoms with E-state index in [0.29, 0.717) is 5.02 Å². The summed E-state index contributed by atoms with van der Waals surface area (Å²) in [7, 11) is 3.18. The maximum Gasteiger partial charge on any atom is 0.186 e. The van der Waals surface area contributed by atoms with E-state index in [4.69, 9.17) is 21.1 Å². The standard InChI is InChI=1S/C12H13ClN2O2/c1-16-12(17-2)9-7-14-15(8-9)11-5-3-4-10(13)6-11/h3-8,12H,1-2H3. The average molecular weight is 253 g/mol. The molecule has 0 atom stereocenters. The molecule has 0 radical (unpaired) electrons. The highest BCUT2D eigenvalue weighted by molar-refractivity contribution is 6.30. The van der Waals surface area contributed by atoms with Crippen molar-refractivity contribution in [3.63, 3.8) is 0 Å². The van der Waals surface area contributed by atoms with Gasteiger partial charge < -0.3 is 9.47 Å². The molecule has 0 saturated heterocycles. The molecule has 90 valence electrons. The Morgan fingerprint density at radius 1 is 1.29 bits per heavy atom. The fourth-order valence-corrected chi connectivity index (χ4v) is 1.77. The minimum atomic E-state index is -0.400. The zero-order chi connectivity index (χ0) is 12.3. The maximum absolute atomic E-state index is 5.93. The van der Waals surface area contributed by atoms with E-state index < -0.39 is 6.29 Å². The molecule has 0 saturated carbocycles. The monoisotopic (exact) mass is 252 g/mol. The zero-order valence-corrected chi connectivity index (χ0v) is 10.4. The van der Waals surface area contributed by atoms with Crippen LogP contribution in [0.2, 0.25) is 5.02 Å². The lowest BCUT2D eigenvalue weighted by Gasteiger charge is -2.10. The summed E-state index contributed by atoms with van der Waals surface area (Å²) in [5.74, 6) is 0. The summed E-state index contributed by atoms with van der Waals surface area (Å²) in [6.07, 6.45) is 3.16. The van der Waals surface area contributed by atoms with Gasteiger partial charge in [-0.15, -0.1) is 0 Å². The molecule has 5 heteroatoms. The molecule has 1 heterocycles. The van der Waals surface area contributed by atoms with Crippen LogP contribution in [0.4, 0.5) is 0 Å². The number of ether oxygens (including phenoxy) is 2. The second-order valence-electron chi connectivity index (χ2n) is 3.50. The van der Waals surface area contributed by atoms with Gasteiger partial charge in [-0.05, 0) is 18.2 Å². The van der Waals surface area contributed by atoms with Gasteiger partial charge in [0, 0.05) is 31.0 Å². The SMILES string of the molecule is COC(OC)c1cnn(-c2cccc(Cl)c2)c1. The molecular formula is C12H13ClN2O2. The Balaban J connectivity index is 2.29. The molecule has 0 unspecified atom stereocenters. The van der Waals surface area contributed by atoms with Gasteiger partial charge in [0.15, 0.2) is 6.29 Å². The van der Waals surface area contributed by atoms with Crippen molar-refractivity contribution in [1.82, 2.24) is 9.78 Å². The number of aromatic nitrogens is 2. The highest BCUT2D eigenvalue weighted by Gasteiger charge is 2.11. The van der Waals surface area contributed by atoms with E-state index in [9.17, 15) is 0 Å². The Hall–Kier alpha value is -1.36. The minimum absolute atomic E-state index is 0.400. The van der Waals surface area contributed by atoms with Crippen LogP contribution >= 0.6 is 11.6 Å². The van der Waals surface area contributed by atoms with Crippen LogP contribution in [-0.4, -0.2) is 24.0 Å². The van der Waals surface area contributed by atoms with Crippen LogP contribution in [0.3, 0.4) is 0 Å². The Morgan fingerprint density at radius 3 is 2.71 bits per heavy atom. The number of hydrogen-bond acceptors (Lipinski definition) is 3. The summed E-state index contributed by atoms with van der Waals surface area (Å²) >= 11 is 5.93. The van der Waals surface area contributed by atoms with Crippen molar-refractivity contribution in [2.75, 3.05) is 14.2 Å². The molecule has 0 aliphatic rings. The van der Waals surface area contributed by atoms with Crippen LogP contribution < -0.4 is 0 Å². The normalized spacial score (nSPS) is 11.1. The Bertz CT molecular complexity index is 495. The zero-order valence-electron chi connectivity index (χ0n) is 9.63. The van der Waals surface area contributed by atoms with Gasteiger partial charge in [0.1, 0.15) is 0 Å². The minimum Gasteiger partial charge on any atom is -0.352 e. The average Bonchev–Trinajstić information content (AvgIpc) is 2.80. The predicted molar refractivity (Wildman–Crippen MR) is 65.3 cm³/mol. The lowest BCUT2D eigenvalue weighted by molar-refractivity contribution is -0.106. The third-order valence-corrected chi connectivity index (χ3v) is 2.61. The highest BCUT2D eigenvalue weighted by Crippen LogP contribution is 2.19. The molecule has 0 aliphatic heterocycles. The second-order valence-corrected chi connectivity index (χ2v) is 3.94. The van der Waals surface area contributed by atoms with E-state index in [1.54, 1.807) is 25.1 Å². The van der Waals surface area contributed by atoms with Gasteiger partial charge in [-0.3, -0.25) is 0 Å². The molecule has 0 N–H and O–H groups in total. The molecule has 0 bridgehead atoms. The number of nitrogens with zero attached hydrogens (tertiary/aromatic N) is 2. The summed E-state index contributed by atoms with van der Waals surface area (Å²) in [6, 6.07) is 7.47. The fraction of sp³-hybridized carbons (Fsp3) is 0.250. The summed E-state index contributed by atoms with van der Waals surface area (Å²) in [4.78, 5) is 0. The molecule has 1 aromatic carbocycles. The molecule has 2 rings (SSSR count). The Morgan fingerprint density at radius 2 is 2.06 bits per heavy atom. The molecule has 2 aromatic rings. The second kappa shape index (κ2) is 5.31. The number of methoxy groups -OCH3 is 2. The van der Waals surface area contributed by atoms with Crippen molar-refractivity contribution in [2.24, 2.45) is 0 Å². The van der Waals surface area contributed by atoms with Gasteiger partial charge in [0.25, 0.3) is 0 Å². The topological polar surface area (TPSA) is 36.3 Å². The first-order chi connectivity index (χ1) is 8.24. The van der Waals surface area contributed by atoms with Crippen LogP contribution in [0.15, 0.2) is 36.7 Å². The van der Waals surface area contributed by atoms with E-state index in [0.717, 1.165) is 11.3 Å². The van der Waals surface area contributed by atoms with Gasteiger partial charge in [0.2, 0.25) is 0 Å². The molecule has 0 fully saturated rings. The van der Waals surface area contributed by atoms with Gasteiger partial charge in [-0.2, -0.15) is 5.10 Å². The van der Waals surface area contributed by atoms with Crippen molar-refractivity contribution in [3.8, 4) is 5.69 Å². The molecule has 0 spiro atoms. The van der Waals surface area contributed by atoms with Crippen LogP contribution in [0.1, 0.15) is 11.9 Å². The molecule has 1 aromatic heterocycles. The number of halogens is 1. The van der Waals surface area contributed by atoms with E-state index in [-0.39, 0.29) is 0 Å². The van der Waals surface area contributed by atoms with Crippen LogP contribution in [0.5, 0.6) is 0 Å². The molecule has 0 amide bonds. The quantitative estimate of drug-likeness (QED) is 0.785. The van der Waals surface area contributed by atoms with Crippen molar-refractivity contribution in [1.29, 1.82) is 0 Å². The summed E-state index contributed by atoms with van der Waals surface area (Å²) in [5.41, 5.74) is 1.75. The Kier molecular flexibility index (Phi) is 3.78. The maximum atomic E-state index is 5.93. The van der Waals surface area contributed by atoms with E-state index in [1.165, 1.54) is 0 Å². The van der Waals surface area contributed by atoms with Crippen molar-refractivity contribution in [2.45, 2.75) is 6.29 Å². The highest BCUT2D eigenvalue weighted by atomic mass is 35.5. The van der Waals surface area contributed by atoms with Crippen LogP contribution in [0, 0.1) is 0 Å². The predicted octanol–water partition coefficient (Wildman–Crippen LogP) is 2.82. The number of benzene rings is 1. The summed E-state index contributed by atoms with van der Waals surface area (Å²) in [5, 5.41) is 4.92. The third-order valence-electron chi connectivity index (χ3n) is 2.38. The molecule has 4 nitrogen and oxygen atoms in total. The van der Waals surface area contributed by atoms with Crippen molar-refractivity contribution in [3.05, 3.63) is 47.2 Å². The summed E-state index contributed by atoms with van der Waals surface area (Å²) < 4.78 is 12.0. The number of rotatable bonds is 4. The largest absolute Gasteiger partial charge is 0.352 e. The van der Waals surface area contributed by atoms with Crippen molar-refractivity contribution >= 4 is 11.6 Å². The lowest BCUT2D eigenvalue weighted by atomic mass is 10.3. The van der Waals surface area contributed by atoms with Gasteiger partial charge in [-0.25, -0.2) is 4.68 Å². The first-order valence-electron chi connectivity index (χ1n) is 5.10. The van der Waals surface area contributed by atoms with Crippen LogP contribution in [0.25, 0.3) is 5.69 Å². The van der Waals surface area contributed by atoms with Gasteiger partial charge >= 0.3 is 0 Å². The summed E-state index contributed by atoms with van der Waals surface area (Å²) in [6.45, 7) is 0. The van der Waals surface area contributed by atoms with Gasteiger partial charge in [0.05, 0.1) is 11.9 Å². The first-order valence-corrected chi connectivity index (χ1v) is 5.48. The third kappa shape index (κ3) is 2.66. The van der Waals surface area contributed by atoms with Crippen LogP contribution in [-0.2, 0) is 9.47 Å². The van der Waals surface area contributed by atoms with E-state index in [2.05, 4.69) is 5.10 Å². The van der Waals surface area contributed by atoms with Gasteiger partial charge in [-0.1, -0.05) is 17.7 Å². The van der Waals surface area contributed by atoms with E-state index in [1.807, 2.05) is 30.5 Å². The van der Waals surface area contributed by atoms with Crippen molar-refractivity contribution < 1.29 is 9.47 Å². The fourth-order valence-electron chi connectivity index (χ4n) is 1.59. The molecule has 0 aliphatic carbocycles. The number of hydrogen-bond donors (Lipinski definition) is 0.